The molecule has 2 amide bonds. The molecule has 0 heterocycles. The molecule has 7 nitrogen and oxygen atoms in total. The van der Waals surface area contributed by atoms with Crippen LogP contribution in [0.2, 0.25) is 0 Å². The van der Waals surface area contributed by atoms with Gasteiger partial charge in [0.2, 0.25) is 11.8 Å². The van der Waals surface area contributed by atoms with Gasteiger partial charge in [-0.05, 0) is 43.9 Å². The van der Waals surface area contributed by atoms with Crippen molar-refractivity contribution in [3.05, 3.63) is 42.5 Å². The standard InChI is InChI=1S/C21H30N2O5/c1-4-6-7-8-13-28-18-11-9-17(10-12-18)14-19(23-16(3)24)21(26)22-15-20(25)27-5-2/h4,9-12,19H,1,5-8,13-15H2,2-3H3,(H,22,26)(H,23,24)/t19-/m0/s1. The van der Waals surface area contributed by atoms with Crippen LogP contribution in [0.15, 0.2) is 36.9 Å². The van der Waals surface area contributed by atoms with Crippen molar-refractivity contribution < 1.29 is 23.9 Å². The third kappa shape index (κ3) is 9.75. The Hall–Kier alpha value is -2.83. The Labute approximate surface area is 166 Å². The van der Waals surface area contributed by atoms with E-state index in [1.54, 1.807) is 6.92 Å². The fourth-order valence-corrected chi connectivity index (χ4v) is 2.49. The zero-order valence-corrected chi connectivity index (χ0v) is 16.7. The second-order valence-electron chi connectivity index (χ2n) is 6.26. The van der Waals surface area contributed by atoms with Crippen molar-refractivity contribution in [2.75, 3.05) is 19.8 Å². The number of allylic oxidation sites excluding steroid dienone is 1. The predicted molar refractivity (Wildman–Crippen MR) is 107 cm³/mol. The van der Waals surface area contributed by atoms with E-state index >= 15 is 0 Å². The molecule has 1 atom stereocenters. The van der Waals surface area contributed by atoms with Crippen molar-refractivity contribution in [2.45, 2.75) is 45.6 Å². The number of benzene rings is 1. The minimum absolute atomic E-state index is 0.235. The van der Waals surface area contributed by atoms with Crippen molar-refractivity contribution >= 4 is 17.8 Å². The van der Waals surface area contributed by atoms with Crippen LogP contribution in [0.3, 0.4) is 0 Å². The molecule has 0 aromatic heterocycles. The highest BCUT2D eigenvalue weighted by Crippen LogP contribution is 2.14. The fraction of sp³-hybridized carbons (Fsp3) is 0.476. The highest BCUT2D eigenvalue weighted by Gasteiger charge is 2.20. The van der Waals surface area contributed by atoms with E-state index in [0.717, 1.165) is 30.6 Å². The summed E-state index contributed by atoms with van der Waals surface area (Å²) < 4.78 is 10.5. The molecule has 0 radical (unpaired) electrons. The van der Waals surface area contributed by atoms with Crippen molar-refractivity contribution in [1.29, 1.82) is 0 Å². The molecule has 0 aliphatic carbocycles. The Morgan fingerprint density at radius 3 is 2.50 bits per heavy atom. The van der Waals surface area contributed by atoms with E-state index in [0.29, 0.717) is 13.0 Å². The van der Waals surface area contributed by atoms with Gasteiger partial charge in [0.25, 0.3) is 0 Å². The highest BCUT2D eigenvalue weighted by atomic mass is 16.5. The Bertz CT molecular complexity index is 643. The van der Waals surface area contributed by atoms with Gasteiger partial charge in [0.15, 0.2) is 0 Å². The van der Waals surface area contributed by atoms with Gasteiger partial charge in [-0.3, -0.25) is 14.4 Å². The molecule has 1 aromatic carbocycles. The summed E-state index contributed by atoms with van der Waals surface area (Å²) >= 11 is 0. The number of ether oxygens (including phenoxy) is 2. The van der Waals surface area contributed by atoms with Crippen LogP contribution in [-0.2, 0) is 25.5 Å². The van der Waals surface area contributed by atoms with Gasteiger partial charge in [-0.1, -0.05) is 18.2 Å². The number of amides is 2. The Morgan fingerprint density at radius 1 is 1.18 bits per heavy atom. The third-order valence-electron chi connectivity index (χ3n) is 3.84. The zero-order chi connectivity index (χ0) is 20.8. The lowest BCUT2D eigenvalue weighted by atomic mass is 10.0. The molecule has 2 N–H and O–H groups in total. The number of carbonyl (C=O) groups excluding carboxylic acids is 3. The molecule has 1 rings (SSSR count). The Morgan fingerprint density at radius 2 is 1.89 bits per heavy atom. The van der Waals surface area contributed by atoms with E-state index < -0.39 is 17.9 Å². The van der Waals surface area contributed by atoms with Gasteiger partial charge in [-0.2, -0.15) is 0 Å². The quantitative estimate of drug-likeness (QED) is 0.306. The molecule has 28 heavy (non-hydrogen) atoms. The van der Waals surface area contributed by atoms with E-state index in [2.05, 4.69) is 17.2 Å². The molecular formula is C21H30N2O5. The maximum absolute atomic E-state index is 12.3. The van der Waals surface area contributed by atoms with Gasteiger partial charge >= 0.3 is 5.97 Å². The summed E-state index contributed by atoms with van der Waals surface area (Å²) in [6.07, 6.45) is 5.17. The smallest absolute Gasteiger partial charge is 0.325 e. The zero-order valence-electron chi connectivity index (χ0n) is 16.7. The van der Waals surface area contributed by atoms with Crippen LogP contribution in [0.4, 0.5) is 0 Å². The van der Waals surface area contributed by atoms with Crippen LogP contribution >= 0.6 is 0 Å². The van der Waals surface area contributed by atoms with Crippen molar-refractivity contribution in [3.63, 3.8) is 0 Å². The van der Waals surface area contributed by atoms with E-state index in [-0.39, 0.29) is 19.1 Å². The minimum Gasteiger partial charge on any atom is -0.494 e. The minimum atomic E-state index is -0.780. The molecule has 1 aromatic rings. The maximum Gasteiger partial charge on any atom is 0.325 e. The SMILES string of the molecule is C=CCCCCOc1ccc(C[C@H](NC(C)=O)C(=O)NCC(=O)OCC)cc1. The predicted octanol–water partition coefficient (Wildman–Crippen LogP) is 2.15. The normalized spacial score (nSPS) is 11.2. The molecular weight excluding hydrogens is 360 g/mol. The van der Waals surface area contributed by atoms with Gasteiger partial charge in [-0.15, -0.1) is 6.58 Å². The van der Waals surface area contributed by atoms with Crippen LogP contribution in [0.5, 0.6) is 5.75 Å². The fourth-order valence-electron chi connectivity index (χ4n) is 2.49. The van der Waals surface area contributed by atoms with Crippen LogP contribution < -0.4 is 15.4 Å². The number of hydrogen-bond donors (Lipinski definition) is 2. The topological polar surface area (TPSA) is 93.7 Å². The highest BCUT2D eigenvalue weighted by molar-refractivity contribution is 5.89. The Balaban J connectivity index is 2.58. The lowest BCUT2D eigenvalue weighted by Crippen LogP contribution is -2.48. The lowest BCUT2D eigenvalue weighted by molar-refractivity contribution is -0.143. The molecule has 0 aliphatic rings. The summed E-state index contributed by atoms with van der Waals surface area (Å²) in [5, 5.41) is 5.10. The van der Waals surface area contributed by atoms with E-state index in [1.807, 2.05) is 30.3 Å². The van der Waals surface area contributed by atoms with Gasteiger partial charge in [0, 0.05) is 13.3 Å². The van der Waals surface area contributed by atoms with E-state index in [4.69, 9.17) is 9.47 Å². The molecule has 0 spiro atoms. The van der Waals surface area contributed by atoms with Crippen LogP contribution in [0.25, 0.3) is 0 Å². The summed E-state index contributed by atoms with van der Waals surface area (Å²) in [4.78, 5) is 35.1. The van der Waals surface area contributed by atoms with Gasteiger partial charge in [0.1, 0.15) is 18.3 Å². The monoisotopic (exact) mass is 390 g/mol. The van der Waals surface area contributed by atoms with Crippen LogP contribution in [-0.4, -0.2) is 43.6 Å². The van der Waals surface area contributed by atoms with Crippen molar-refractivity contribution in [2.24, 2.45) is 0 Å². The van der Waals surface area contributed by atoms with Gasteiger partial charge < -0.3 is 20.1 Å². The molecule has 0 unspecified atom stereocenters. The summed E-state index contributed by atoms with van der Waals surface area (Å²) in [6, 6.07) is 6.60. The van der Waals surface area contributed by atoms with Crippen LogP contribution in [0, 0.1) is 0 Å². The number of unbranched alkanes of at least 4 members (excludes halogenated alkanes) is 2. The lowest BCUT2D eigenvalue weighted by Gasteiger charge is -2.17. The van der Waals surface area contributed by atoms with Gasteiger partial charge in [0.05, 0.1) is 13.2 Å². The number of hydrogen-bond acceptors (Lipinski definition) is 5. The second kappa shape index (κ2) is 13.4. The summed E-state index contributed by atoms with van der Waals surface area (Å²) in [6.45, 7) is 7.37. The number of nitrogens with one attached hydrogen (secondary N) is 2. The van der Waals surface area contributed by atoms with Gasteiger partial charge in [-0.25, -0.2) is 0 Å². The Kier molecular flexibility index (Phi) is 11.1. The molecule has 0 fully saturated rings. The average Bonchev–Trinajstić information content (AvgIpc) is 2.66. The second-order valence-corrected chi connectivity index (χ2v) is 6.26. The third-order valence-corrected chi connectivity index (χ3v) is 3.84. The van der Waals surface area contributed by atoms with Crippen molar-refractivity contribution in [3.8, 4) is 5.75 Å². The molecule has 0 bridgehead atoms. The average molecular weight is 390 g/mol. The number of rotatable bonds is 13. The van der Waals surface area contributed by atoms with Crippen molar-refractivity contribution in [1.82, 2.24) is 10.6 Å². The maximum atomic E-state index is 12.3. The summed E-state index contributed by atoms with van der Waals surface area (Å²) in [5.41, 5.74) is 0.865. The summed E-state index contributed by atoms with van der Waals surface area (Å²) in [5.74, 6) is -0.529. The van der Waals surface area contributed by atoms with E-state index in [9.17, 15) is 14.4 Å². The largest absolute Gasteiger partial charge is 0.494 e. The number of carbonyl (C=O) groups is 3. The van der Waals surface area contributed by atoms with E-state index in [1.165, 1.54) is 6.92 Å². The number of esters is 1. The molecule has 0 saturated carbocycles. The molecule has 0 aliphatic heterocycles. The summed E-state index contributed by atoms with van der Waals surface area (Å²) in [7, 11) is 0. The molecule has 0 saturated heterocycles. The molecule has 154 valence electrons. The molecule has 7 heteroatoms. The van der Waals surface area contributed by atoms with Crippen LogP contribution in [0.1, 0.15) is 38.7 Å². The first-order valence-electron chi connectivity index (χ1n) is 9.49. The first kappa shape index (κ1) is 23.2. The first-order chi connectivity index (χ1) is 13.5. The first-order valence-corrected chi connectivity index (χ1v) is 9.49.